The van der Waals surface area contributed by atoms with E-state index < -0.39 is 21.9 Å². The number of piperazine rings is 1. The van der Waals surface area contributed by atoms with Gasteiger partial charge in [0.1, 0.15) is 16.4 Å². The number of Topliss-reactive ketones (excluding diaryl/α,β-unsaturated/α-hetero) is 1. The number of phenolic OH excluding ortho intramolecular Hbond substituents is 1. The smallest absolute Gasteiger partial charge is 0.407 e. The van der Waals surface area contributed by atoms with Crippen molar-refractivity contribution in [3.63, 3.8) is 0 Å². The summed E-state index contributed by atoms with van der Waals surface area (Å²) in [6.07, 6.45) is 1.87. The number of rotatable bonds is 5. The Kier molecular flexibility index (Phi) is 7.14. The van der Waals surface area contributed by atoms with Gasteiger partial charge in [-0.2, -0.15) is 0 Å². The van der Waals surface area contributed by atoms with Crippen molar-refractivity contribution < 1.29 is 33.0 Å². The molecule has 3 aromatic carbocycles. The van der Waals surface area contributed by atoms with E-state index in [4.69, 9.17) is 27.9 Å². The predicted molar refractivity (Wildman–Crippen MR) is 157 cm³/mol. The van der Waals surface area contributed by atoms with Crippen LogP contribution in [-0.2, 0) is 16.6 Å². The first-order chi connectivity index (χ1) is 20.1. The van der Waals surface area contributed by atoms with Crippen LogP contribution < -0.4 is 4.74 Å². The number of benzene rings is 3. The summed E-state index contributed by atoms with van der Waals surface area (Å²) in [6, 6.07) is 14.1. The van der Waals surface area contributed by atoms with Crippen molar-refractivity contribution in [3.05, 3.63) is 93.3 Å². The molecule has 1 fully saturated rings. The number of hydrogen-bond acceptors (Lipinski definition) is 7. The molecular weight excluding hydrogens is 605 g/mol. The van der Waals surface area contributed by atoms with Crippen LogP contribution in [0.2, 0.25) is 10.0 Å². The van der Waals surface area contributed by atoms with Crippen LogP contribution in [0.1, 0.15) is 21.5 Å². The normalized spacial score (nSPS) is 16.7. The monoisotopic (exact) mass is 627 g/mol. The van der Waals surface area contributed by atoms with Crippen molar-refractivity contribution in [2.24, 2.45) is 0 Å². The fraction of sp³-hybridized carbons (Fsp3) is 0.172. The minimum absolute atomic E-state index is 0.0262. The number of aromatic hydroxyl groups is 1. The van der Waals surface area contributed by atoms with Crippen LogP contribution in [0.3, 0.4) is 0 Å². The third-order valence-electron chi connectivity index (χ3n) is 7.37. The molecule has 0 bridgehead atoms. The molecule has 13 heteroatoms. The lowest BCUT2D eigenvalue weighted by Crippen LogP contribution is -2.47. The Bertz CT molecular complexity index is 1890. The number of halogens is 2. The van der Waals surface area contributed by atoms with E-state index in [-0.39, 0.29) is 44.3 Å². The van der Waals surface area contributed by atoms with Gasteiger partial charge in [-0.15, -0.1) is 0 Å². The van der Waals surface area contributed by atoms with Crippen LogP contribution in [-0.4, -0.2) is 70.5 Å². The Morgan fingerprint density at radius 3 is 2.36 bits per heavy atom. The molecule has 1 aromatic heterocycles. The molecule has 42 heavy (non-hydrogen) atoms. The SMILES string of the molecule is O=C1C(=Cc2cn(S(=O)(=O)c3c(Cl)cccc3Cl)c3ccccc23)Oc2c1ccc(O)c2CN1CCN(C(=O)O)CC1. The number of aromatic nitrogens is 1. The standard InChI is InChI=1S/C29H23Cl2N3O7S/c30-21-5-3-6-22(31)28(21)42(39,40)34-15-17(18-4-1-2-7-23(18)34)14-25-26(36)19-8-9-24(35)20(27(19)41-25)16-32-10-12-33(13-11-32)29(37)38/h1-9,14-15,35H,10-13,16H2,(H,37,38). The van der Waals surface area contributed by atoms with Gasteiger partial charge in [0.05, 0.1) is 26.7 Å². The maximum Gasteiger partial charge on any atom is 0.407 e. The second-order valence-electron chi connectivity index (χ2n) is 9.88. The fourth-order valence-electron chi connectivity index (χ4n) is 5.23. The molecule has 3 heterocycles. The molecule has 4 aromatic rings. The first-order valence-electron chi connectivity index (χ1n) is 12.8. The van der Waals surface area contributed by atoms with E-state index in [1.165, 1.54) is 41.4 Å². The van der Waals surface area contributed by atoms with Gasteiger partial charge in [0.2, 0.25) is 5.78 Å². The van der Waals surface area contributed by atoms with Crippen molar-refractivity contribution in [2.75, 3.05) is 26.2 Å². The highest BCUT2D eigenvalue weighted by Crippen LogP contribution is 2.41. The predicted octanol–water partition coefficient (Wildman–Crippen LogP) is 5.30. The van der Waals surface area contributed by atoms with Crippen LogP contribution in [0.25, 0.3) is 17.0 Å². The van der Waals surface area contributed by atoms with Gasteiger partial charge in [0.25, 0.3) is 10.0 Å². The van der Waals surface area contributed by atoms with Crippen molar-refractivity contribution >= 4 is 62.1 Å². The van der Waals surface area contributed by atoms with E-state index in [2.05, 4.69) is 0 Å². The van der Waals surface area contributed by atoms with Gasteiger partial charge in [-0.1, -0.05) is 47.5 Å². The topological polar surface area (TPSA) is 129 Å². The fourth-order valence-corrected chi connectivity index (χ4v) is 7.71. The highest BCUT2D eigenvalue weighted by atomic mass is 35.5. The van der Waals surface area contributed by atoms with Gasteiger partial charge in [-0.25, -0.2) is 17.2 Å². The molecule has 2 aliphatic heterocycles. The quantitative estimate of drug-likeness (QED) is 0.285. The number of carbonyl (C=O) groups excluding carboxylic acids is 1. The molecule has 0 saturated carbocycles. The van der Waals surface area contributed by atoms with E-state index in [0.717, 1.165) is 3.97 Å². The molecule has 2 N–H and O–H groups in total. The van der Waals surface area contributed by atoms with E-state index in [1.807, 2.05) is 4.90 Å². The summed E-state index contributed by atoms with van der Waals surface area (Å²) in [7, 11) is -4.23. The van der Waals surface area contributed by atoms with E-state index in [0.29, 0.717) is 48.2 Å². The average Bonchev–Trinajstić information content (AvgIpc) is 3.48. The van der Waals surface area contributed by atoms with Gasteiger partial charge in [0, 0.05) is 49.9 Å². The zero-order chi connectivity index (χ0) is 29.8. The Balaban J connectivity index is 1.37. The second-order valence-corrected chi connectivity index (χ2v) is 12.4. The molecule has 0 unspecified atom stereocenters. The van der Waals surface area contributed by atoms with Gasteiger partial charge in [-0.3, -0.25) is 9.69 Å². The van der Waals surface area contributed by atoms with Crippen LogP contribution in [0, 0.1) is 0 Å². The zero-order valence-corrected chi connectivity index (χ0v) is 24.2. The lowest BCUT2D eigenvalue weighted by molar-refractivity contribution is 0.101. The number of phenols is 1. The van der Waals surface area contributed by atoms with E-state index >= 15 is 0 Å². The highest BCUT2D eigenvalue weighted by molar-refractivity contribution is 7.90. The number of ketones is 1. The average molecular weight is 628 g/mol. The third-order valence-corrected chi connectivity index (χ3v) is 10.0. The molecule has 10 nitrogen and oxygen atoms in total. The lowest BCUT2D eigenvalue weighted by Gasteiger charge is -2.33. The van der Waals surface area contributed by atoms with Gasteiger partial charge >= 0.3 is 6.09 Å². The number of amides is 1. The van der Waals surface area contributed by atoms with Crippen LogP contribution in [0.4, 0.5) is 4.79 Å². The molecule has 6 rings (SSSR count). The summed E-state index contributed by atoms with van der Waals surface area (Å²) in [6.45, 7) is 1.80. The summed E-state index contributed by atoms with van der Waals surface area (Å²) >= 11 is 12.5. The van der Waals surface area contributed by atoms with Crippen molar-refractivity contribution in [1.29, 1.82) is 0 Å². The molecule has 0 spiro atoms. The molecule has 216 valence electrons. The van der Waals surface area contributed by atoms with Gasteiger partial charge < -0.3 is 19.8 Å². The summed E-state index contributed by atoms with van der Waals surface area (Å²) in [5.74, 6) is -0.298. The number of allylic oxidation sites excluding steroid dienone is 1. The first-order valence-corrected chi connectivity index (χ1v) is 15.0. The molecular formula is C29H23Cl2N3O7S. The number of carboxylic acid groups (broad SMARTS) is 1. The maximum atomic E-state index is 13.7. The summed E-state index contributed by atoms with van der Waals surface area (Å²) in [4.78, 5) is 27.7. The number of para-hydroxylation sites is 1. The van der Waals surface area contributed by atoms with Gasteiger partial charge in [0.15, 0.2) is 5.76 Å². The van der Waals surface area contributed by atoms with Crippen LogP contribution >= 0.6 is 23.2 Å². The second kappa shape index (κ2) is 10.7. The summed E-state index contributed by atoms with van der Waals surface area (Å²) < 4.78 is 34.5. The molecule has 0 aliphatic carbocycles. The zero-order valence-electron chi connectivity index (χ0n) is 21.8. The Hall–Kier alpha value is -4.03. The molecule has 2 aliphatic rings. The van der Waals surface area contributed by atoms with Crippen LogP contribution in [0.15, 0.2) is 71.4 Å². The minimum Gasteiger partial charge on any atom is -0.507 e. The highest BCUT2D eigenvalue weighted by Gasteiger charge is 2.33. The number of ether oxygens (including phenoxy) is 1. The van der Waals surface area contributed by atoms with Crippen molar-refractivity contribution in [2.45, 2.75) is 11.4 Å². The van der Waals surface area contributed by atoms with E-state index in [9.17, 15) is 28.2 Å². The number of hydrogen-bond donors (Lipinski definition) is 2. The number of fused-ring (bicyclic) bond motifs is 2. The van der Waals surface area contributed by atoms with Gasteiger partial charge in [-0.05, 0) is 36.4 Å². The van der Waals surface area contributed by atoms with Crippen LogP contribution in [0.5, 0.6) is 11.5 Å². The lowest BCUT2D eigenvalue weighted by atomic mass is 10.0. The Morgan fingerprint density at radius 2 is 1.67 bits per heavy atom. The maximum absolute atomic E-state index is 13.7. The molecule has 1 amide bonds. The number of nitrogens with zero attached hydrogens (tertiary/aromatic N) is 3. The third kappa shape index (κ3) is 4.78. The van der Waals surface area contributed by atoms with Crippen molar-refractivity contribution in [3.8, 4) is 11.5 Å². The largest absolute Gasteiger partial charge is 0.507 e. The molecule has 0 radical (unpaired) electrons. The summed E-state index contributed by atoms with van der Waals surface area (Å²) in [5, 5.41) is 20.4. The van der Waals surface area contributed by atoms with Crippen molar-refractivity contribution in [1.82, 2.24) is 13.8 Å². The number of carbonyl (C=O) groups is 2. The molecule has 0 atom stereocenters. The Morgan fingerprint density at radius 1 is 0.976 bits per heavy atom. The minimum atomic E-state index is -4.23. The Labute approximate surface area is 250 Å². The molecule has 1 saturated heterocycles. The summed E-state index contributed by atoms with van der Waals surface area (Å²) in [5.41, 5.74) is 1.43. The van der Waals surface area contributed by atoms with E-state index in [1.54, 1.807) is 30.3 Å². The first kappa shape index (κ1) is 28.1.